The highest BCUT2D eigenvalue weighted by Crippen LogP contribution is 2.17. The molecule has 0 saturated carbocycles. The molecule has 2 N–H and O–H groups in total. The number of hydrogen-bond acceptors (Lipinski definition) is 3. The van der Waals surface area contributed by atoms with E-state index in [0.29, 0.717) is 12.7 Å². The van der Waals surface area contributed by atoms with Crippen LogP contribution in [0, 0.1) is 0 Å². The Hall–Kier alpha value is -1.06. The van der Waals surface area contributed by atoms with Crippen molar-refractivity contribution < 1.29 is 9.47 Å². The zero-order chi connectivity index (χ0) is 11.9. The van der Waals surface area contributed by atoms with Gasteiger partial charge in [-0.05, 0) is 37.8 Å². The highest BCUT2D eigenvalue weighted by Gasteiger charge is 2.18. The molecule has 1 saturated heterocycles. The molecule has 0 spiro atoms. The van der Waals surface area contributed by atoms with Gasteiger partial charge in [0.15, 0.2) is 0 Å². The van der Waals surface area contributed by atoms with Crippen molar-refractivity contribution in [3.05, 3.63) is 30.3 Å². The third-order valence-corrected chi connectivity index (χ3v) is 3.09. The Morgan fingerprint density at radius 3 is 2.88 bits per heavy atom. The van der Waals surface area contributed by atoms with Gasteiger partial charge in [0, 0.05) is 12.6 Å². The molecule has 1 aromatic carbocycles. The topological polar surface area (TPSA) is 44.5 Å². The van der Waals surface area contributed by atoms with Crippen LogP contribution in [-0.4, -0.2) is 25.4 Å². The molecule has 0 amide bonds. The molecule has 94 valence electrons. The van der Waals surface area contributed by atoms with Crippen molar-refractivity contribution in [2.45, 2.75) is 37.8 Å². The standard InChI is InChI=1S/C14H21NO2/c15-12(11-14-7-4-9-16-14)8-10-17-13-5-2-1-3-6-13/h1-3,5-6,12,14H,4,7-11,15H2. The molecule has 2 atom stereocenters. The number of benzene rings is 1. The molecular weight excluding hydrogens is 214 g/mol. The van der Waals surface area contributed by atoms with Crippen molar-refractivity contribution in [1.82, 2.24) is 0 Å². The Morgan fingerprint density at radius 1 is 1.35 bits per heavy atom. The van der Waals surface area contributed by atoms with E-state index in [4.69, 9.17) is 15.2 Å². The molecule has 0 aromatic heterocycles. The molecule has 1 aliphatic rings. The number of hydrogen-bond donors (Lipinski definition) is 1. The van der Waals surface area contributed by atoms with Crippen LogP contribution in [0.1, 0.15) is 25.7 Å². The summed E-state index contributed by atoms with van der Waals surface area (Å²) in [6, 6.07) is 10.0. The van der Waals surface area contributed by atoms with Gasteiger partial charge in [-0.1, -0.05) is 18.2 Å². The Bertz CT molecular complexity index is 309. The van der Waals surface area contributed by atoms with Crippen LogP contribution >= 0.6 is 0 Å². The molecule has 1 aromatic rings. The first-order chi connectivity index (χ1) is 8.34. The van der Waals surface area contributed by atoms with Gasteiger partial charge in [-0.3, -0.25) is 0 Å². The summed E-state index contributed by atoms with van der Waals surface area (Å²) in [6.45, 7) is 1.58. The maximum Gasteiger partial charge on any atom is 0.119 e. The van der Waals surface area contributed by atoms with Crippen molar-refractivity contribution in [3.8, 4) is 5.75 Å². The fourth-order valence-electron chi connectivity index (χ4n) is 2.13. The Morgan fingerprint density at radius 2 is 2.18 bits per heavy atom. The largest absolute Gasteiger partial charge is 0.494 e. The van der Waals surface area contributed by atoms with Gasteiger partial charge in [0.2, 0.25) is 0 Å². The minimum atomic E-state index is 0.182. The van der Waals surface area contributed by atoms with E-state index in [1.54, 1.807) is 0 Å². The molecule has 17 heavy (non-hydrogen) atoms. The number of nitrogens with two attached hydrogens (primary N) is 1. The van der Waals surface area contributed by atoms with Crippen molar-refractivity contribution in [2.24, 2.45) is 5.73 Å². The second-order valence-electron chi connectivity index (χ2n) is 4.58. The normalized spacial score (nSPS) is 21.4. The quantitative estimate of drug-likeness (QED) is 0.823. The van der Waals surface area contributed by atoms with Crippen LogP contribution < -0.4 is 10.5 Å². The van der Waals surface area contributed by atoms with Gasteiger partial charge < -0.3 is 15.2 Å². The predicted octanol–water partition coefficient (Wildman–Crippen LogP) is 2.35. The third-order valence-electron chi connectivity index (χ3n) is 3.09. The Labute approximate surface area is 103 Å². The van der Waals surface area contributed by atoms with Crippen LogP contribution in [0.2, 0.25) is 0 Å². The molecular formula is C14H21NO2. The van der Waals surface area contributed by atoms with Crippen molar-refractivity contribution in [3.63, 3.8) is 0 Å². The van der Waals surface area contributed by atoms with E-state index in [-0.39, 0.29) is 6.04 Å². The van der Waals surface area contributed by atoms with Gasteiger partial charge in [0.1, 0.15) is 5.75 Å². The molecule has 0 aliphatic carbocycles. The number of para-hydroxylation sites is 1. The highest BCUT2D eigenvalue weighted by atomic mass is 16.5. The average molecular weight is 235 g/mol. The molecule has 2 unspecified atom stereocenters. The van der Waals surface area contributed by atoms with Crippen molar-refractivity contribution in [2.75, 3.05) is 13.2 Å². The van der Waals surface area contributed by atoms with Gasteiger partial charge >= 0.3 is 0 Å². The van der Waals surface area contributed by atoms with E-state index in [9.17, 15) is 0 Å². The van der Waals surface area contributed by atoms with Gasteiger partial charge in [-0.15, -0.1) is 0 Å². The highest BCUT2D eigenvalue weighted by molar-refractivity contribution is 5.20. The van der Waals surface area contributed by atoms with Crippen LogP contribution in [0.5, 0.6) is 5.75 Å². The molecule has 0 radical (unpaired) electrons. The Kier molecular flexibility index (Phi) is 4.83. The molecule has 1 heterocycles. The van der Waals surface area contributed by atoms with Crippen molar-refractivity contribution >= 4 is 0 Å². The summed E-state index contributed by atoms with van der Waals surface area (Å²) in [6.07, 6.45) is 4.56. The summed E-state index contributed by atoms with van der Waals surface area (Å²) < 4.78 is 11.2. The number of rotatable bonds is 6. The van der Waals surface area contributed by atoms with Crippen LogP contribution in [0.3, 0.4) is 0 Å². The summed E-state index contributed by atoms with van der Waals surface area (Å²) in [4.78, 5) is 0. The van der Waals surface area contributed by atoms with Crippen LogP contribution in [-0.2, 0) is 4.74 Å². The average Bonchev–Trinajstić information content (AvgIpc) is 2.83. The maximum absolute atomic E-state index is 6.06. The summed E-state index contributed by atoms with van der Waals surface area (Å²) in [5, 5.41) is 0. The lowest BCUT2D eigenvalue weighted by molar-refractivity contribution is 0.0959. The predicted molar refractivity (Wildman–Crippen MR) is 68.1 cm³/mol. The fraction of sp³-hybridized carbons (Fsp3) is 0.571. The molecule has 3 nitrogen and oxygen atoms in total. The van der Waals surface area contributed by atoms with E-state index in [1.165, 1.54) is 6.42 Å². The zero-order valence-corrected chi connectivity index (χ0v) is 10.2. The van der Waals surface area contributed by atoms with Crippen molar-refractivity contribution in [1.29, 1.82) is 0 Å². The molecule has 1 fully saturated rings. The van der Waals surface area contributed by atoms with E-state index in [2.05, 4.69) is 0 Å². The minimum Gasteiger partial charge on any atom is -0.494 e. The zero-order valence-electron chi connectivity index (χ0n) is 10.2. The van der Waals surface area contributed by atoms with Gasteiger partial charge in [-0.25, -0.2) is 0 Å². The van der Waals surface area contributed by atoms with E-state index in [0.717, 1.165) is 31.6 Å². The first-order valence-corrected chi connectivity index (χ1v) is 6.39. The van der Waals surface area contributed by atoms with Crippen LogP contribution in [0.25, 0.3) is 0 Å². The van der Waals surface area contributed by atoms with Crippen LogP contribution in [0.15, 0.2) is 30.3 Å². The maximum atomic E-state index is 6.06. The minimum absolute atomic E-state index is 0.182. The third kappa shape index (κ3) is 4.36. The fourth-order valence-corrected chi connectivity index (χ4v) is 2.13. The monoisotopic (exact) mass is 235 g/mol. The van der Waals surface area contributed by atoms with E-state index < -0.39 is 0 Å². The van der Waals surface area contributed by atoms with Crippen LogP contribution in [0.4, 0.5) is 0 Å². The summed E-state index contributed by atoms with van der Waals surface area (Å²) in [5.41, 5.74) is 6.06. The first kappa shape index (κ1) is 12.4. The number of ether oxygens (including phenoxy) is 2. The van der Waals surface area contributed by atoms with E-state index in [1.807, 2.05) is 30.3 Å². The lowest BCUT2D eigenvalue weighted by atomic mass is 10.1. The summed E-state index contributed by atoms with van der Waals surface area (Å²) in [7, 11) is 0. The van der Waals surface area contributed by atoms with Gasteiger partial charge in [0.05, 0.1) is 12.7 Å². The summed E-state index contributed by atoms with van der Waals surface area (Å²) >= 11 is 0. The van der Waals surface area contributed by atoms with Gasteiger partial charge in [0.25, 0.3) is 0 Å². The smallest absolute Gasteiger partial charge is 0.119 e. The molecule has 1 aliphatic heterocycles. The summed E-state index contributed by atoms with van der Waals surface area (Å²) in [5.74, 6) is 0.914. The second kappa shape index (κ2) is 6.62. The molecule has 3 heteroatoms. The Balaban J connectivity index is 1.61. The first-order valence-electron chi connectivity index (χ1n) is 6.39. The second-order valence-corrected chi connectivity index (χ2v) is 4.58. The van der Waals surface area contributed by atoms with E-state index >= 15 is 0 Å². The lowest BCUT2D eigenvalue weighted by Crippen LogP contribution is -2.27. The van der Waals surface area contributed by atoms with Gasteiger partial charge in [-0.2, -0.15) is 0 Å². The molecule has 2 rings (SSSR count). The SMILES string of the molecule is NC(CCOc1ccccc1)CC1CCCO1. The molecule has 0 bridgehead atoms. The lowest BCUT2D eigenvalue weighted by Gasteiger charge is -2.16.